The van der Waals surface area contributed by atoms with Gasteiger partial charge in [0.05, 0.1) is 6.04 Å². The van der Waals surface area contributed by atoms with Gasteiger partial charge in [0.1, 0.15) is 12.2 Å². The molecule has 0 radical (unpaired) electrons. The summed E-state index contributed by atoms with van der Waals surface area (Å²) < 4.78 is 83.7. The van der Waals surface area contributed by atoms with Gasteiger partial charge in [0.2, 0.25) is 34.8 Å². The second kappa shape index (κ2) is 12.6. The first-order chi connectivity index (χ1) is 17.6. The average molecular weight is 546 g/mol. The van der Waals surface area contributed by atoms with E-state index in [0.717, 1.165) is 0 Å². The third kappa shape index (κ3) is 8.05. The van der Waals surface area contributed by atoms with Gasteiger partial charge in [-0.2, -0.15) is 8.78 Å². The molecule has 0 saturated carbocycles. The molecule has 0 fully saturated rings. The van der Waals surface area contributed by atoms with E-state index < -0.39 is 76.6 Å². The molecule has 0 heterocycles. The summed E-state index contributed by atoms with van der Waals surface area (Å²) in [7, 11) is 0. The summed E-state index contributed by atoms with van der Waals surface area (Å²) in [6.45, 7) is 7.47. The largest absolute Gasteiger partial charge is 0.445 e. The van der Waals surface area contributed by atoms with Crippen LogP contribution in [0.5, 0.6) is 5.75 Å². The summed E-state index contributed by atoms with van der Waals surface area (Å²) in [6, 6.07) is 5.11. The number of alkyl carbamates (subject to hydrolysis) is 2. The van der Waals surface area contributed by atoms with Crippen molar-refractivity contribution in [3.63, 3.8) is 0 Å². The minimum absolute atomic E-state index is 0.238. The van der Waals surface area contributed by atoms with Crippen molar-refractivity contribution in [2.24, 2.45) is 5.92 Å². The summed E-state index contributed by atoms with van der Waals surface area (Å²) in [5.74, 6) is -16.1. The Morgan fingerprint density at radius 2 is 1.34 bits per heavy atom. The van der Waals surface area contributed by atoms with Gasteiger partial charge in [-0.15, -0.1) is 0 Å². The van der Waals surface area contributed by atoms with Crippen LogP contribution in [0.4, 0.5) is 31.5 Å². The normalized spacial score (nSPS) is 12.9. The van der Waals surface area contributed by atoms with Gasteiger partial charge in [-0.05, 0) is 32.3 Å². The number of ether oxygens (including phenoxy) is 3. The van der Waals surface area contributed by atoms with Gasteiger partial charge < -0.3 is 24.8 Å². The van der Waals surface area contributed by atoms with E-state index in [0.29, 0.717) is 5.56 Å². The van der Waals surface area contributed by atoms with Gasteiger partial charge >= 0.3 is 18.2 Å². The maximum Gasteiger partial charge on any atom is 0.408 e. The fourth-order valence-electron chi connectivity index (χ4n) is 3.10. The zero-order valence-electron chi connectivity index (χ0n) is 21.2. The number of nitrogens with one attached hydrogen (secondary N) is 2. The first kappa shape index (κ1) is 30.3. The van der Waals surface area contributed by atoms with Crippen LogP contribution in [0.15, 0.2) is 30.3 Å². The van der Waals surface area contributed by atoms with E-state index in [2.05, 4.69) is 15.4 Å². The lowest BCUT2D eigenvalue weighted by atomic mass is 9.96. The van der Waals surface area contributed by atoms with E-state index in [9.17, 15) is 36.3 Å². The van der Waals surface area contributed by atoms with Crippen LogP contribution in [0.25, 0.3) is 0 Å². The van der Waals surface area contributed by atoms with Crippen LogP contribution in [-0.2, 0) is 20.9 Å². The SMILES string of the molecule is CC(C)[C@@H](NC(=O)OC(C)(C)C)[C@H](NC(=O)OCc1ccccc1)C(=O)Oc1c(F)c(F)c(F)c(F)c1F. The zero-order valence-corrected chi connectivity index (χ0v) is 21.2. The van der Waals surface area contributed by atoms with E-state index in [4.69, 9.17) is 9.47 Å². The summed E-state index contributed by atoms with van der Waals surface area (Å²) >= 11 is 0. The van der Waals surface area contributed by atoms with Gasteiger partial charge in [-0.1, -0.05) is 44.2 Å². The molecule has 38 heavy (non-hydrogen) atoms. The highest BCUT2D eigenvalue weighted by atomic mass is 19.2. The predicted molar refractivity (Wildman–Crippen MR) is 123 cm³/mol. The second-order valence-electron chi connectivity index (χ2n) is 9.42. The minimum Gasteiger partial charge on any atom is -0.445 e. The lowest BCUT2D eigenvalue weighted by Crippen LogP contribution is -2.59. The maximum absolute atomic E-state index is 14.2. The van der Waals surface area contributed by atoms with Gasteiger partial charge in [-0.3, -0.25) is 0 Å². The van der Waals surface area contributed by atoms with E-state index in [1.54, 1.807) is 51.1 Å². The third-order valence-corrected chi connectivity index (χ3v) is 4.87. The summed E-state index contributed by atoms with van der Waals surface area (Å²) in [5, 5.41) is 4.48. The minimum atomic E-state index is -2.45. The molecule has 0 aliphatic heterocycles. The van der Waals surface area contributed by atoms with Gasteiger partial charge in [0.15, 0.2) is 6.04 Å². The second-order valence-corrected chi connectivity index (χ2v) is 9.42. The molecule has 2 N–H and O–H groups in total. The fourth-order valence-corrected chi connectivity index (χ4v) is 3.10. The van der Waals surface area contributed by atoms with Gasteiger partial charge in [0.25, 0.3) is 0 Å². The number of rotatable bonds is 8. The highest BCUT2D eigenvalue weighted by molar-refractivity contribution is 5.84. The number of esters is 1. The molecule has 0 aromatic heterocycles. The standard InChI is InChI=1S/C25H27F5N2O6/c1-12(2)19(31-24(35)38-25(3,4)5)20(32-23(34)36-11-13-9-7-6-8-10-13)22(33)37-21-17(29)15(27)14(26)16(28)18(21)30/h6-10,12,19-20H,11H2,1-5H3,(H,31,35)(H,32,34)/t19-,20+/m1/s1. The van der Waals surface area contributed by atoms with Crippen molar-refractivity contribution < 1.29 is 50.5 Å². The van der Waals surface area contributed by atoms with E-state index >= 15 is 0 Å². The Hall–Kier alpha value is -3.90. The lowest BCUT2D eigenvalue weighted by Gasteiger charge is -2.31. The molecule has 2 amide bonds. The van der Waals surface area contributed by atoms with Crippen molar-refractivity contribution in [3.8, 4) is 5.75 Å². The average Bonchev–Trinajstić information content (AvgIpc) is 2.84. The molecule has 2 rings (SSSR count). The zero-order chi connectivity index (χ0) is 28.8. The van der Waals surface area contributed by atoms with E-state index in [1.165, 1.54) is 13.8 Å². The molecule has 0 aliphatic carbocycles. The molecule has 0 unspecified atom stereocenters. The number of halogens is 5. The van der Waals surface area contributed by atoms with Crippen molar-refractivity contribution in [1.82, 2.24) is 10.6 Å². The molecule has 0 spiro atoms. The van der Waals surface area contributed by atoms with Crippen LogP contribution < -0.4 is 15.4 Å². The number of benzene rings is 2. The number of carbonyl (C=O) groups is 3. The molecular formula is C25H27F5N2O6. The molecule has 13 heteroatoms. The van der Waals surface area contributed by atoms with Crippen molar-refractivity contribution in [3.05, 3.63) is 65.0 Å². The van der Waals surface area contributed by atoms with Gasteiger partial charge in [0, 0.05) is 0 Å². The molecule has 0 saturated heterocycles. The van der Waals surface area contributed by atoms with Crippen LogP contribution in [0, 0.1) is 35.0 Å². The number of hydrogen-bond donors (Lipinski definition) is 2. The van der Waals surface area contributed by atoms with Crippen LogP contribution >= 0.6 is 0 Å². The number of carbonyl (C=O) groups excluding carboxylic acids is 3. The molecule has 8 nitrogen and oxygen atoms in total. The van der Waals surface area contributed by atoms with Crippen molar-refractivity contribution in [2.75, 3.05) is 0 Å². The maximum atomic E-state index is 14.2. The highest BCUT2D eigenvalue weighted by Gasteiger charge is 2.38. The van der Waals surface area contributed by atoms with Crippen LogP contribution in [0.1, 0.15) is 40.2 Å². The summed E-state index contributed by atoms with van der Waals surface area (Å²) in [4.78, 5) is 37.9. The Labute approximate surface area is 215 Å². The van der Waals surface area contributed by atoms with Crippen LogP contribution in [-0.4, -0.2) is 35.8 Å². The third-order valence-electron chi connectivity index (χ3n) is 4.87. The molecule has 208 valence electrons. The van der Waals surface area contributed by atoms with E-state index in [1.807, 2.05) is 0 Å². The Kier molecular flexibility index (Phi) is 10.0. The van der Waals surface area contributed by atoms with Crippen LogP contribution in [0.2, 0.25) is 0 Å². The summed E-state index contributed by atoms with van der Waals surface area (Å²) in [6.07, 6.45) is -2.23. The van der Waals surface area contributed by atoms with Crippen molar-refractivity contribution in [2.45, 2.75) is 58.9 Å². The summed E-state index contributed by atoms with van der Waals surface area (Å²) in [5.41, 5.74) is -0.380. The number of hydrogen-bond acceptors (Lipinski definition) is 6. The molecule has 2 aromatic rings. The quantitative estimate of drug-likeness (QED) is 0.157. The predicted octanol–water partition coefficient (Wildman–Crippen LogP) is 5.13. The first-order valence-electron chi connectivity index (χ1n) is 11.3. The molecule has 2 atom stereocenters. The Morgan fingerprint density at radius 1 is 0.816 bits per heavy atom. The Bertz CT molecular complexity index is 1140. The van der Waals surface area contributed by atoms with Gasteiger partial charge in [-0.25, -0.2) is 27.6 Å². The molecule has 0 bridgehead atoms. The van der Waals surface area contributed by atoms with E-state index in [-0.39, 0.29) is 6.61 Å². The monoisotopic (exact) mass is 546 g/mol. The molecule has 0 aliphatic rings. The molecule has 2 aromatic carbocycles. The Morgan fingerprint density at radius 3 is 1.84 bits per heavy atom. The highest BCUT2D eigenvalue weighted by Crippen LogP contribution is 2.29. The van der Waals surface area contributed by atoms with Crippen LogP contribution in [0.3, 0.4) is 0 Å². The smallest absolute Gasteiger partial charge is 0.408 e. The fraction of sp³-hybridized carbons (Fsp3) is 0.400. The first-order valence-corrected chi connectivity index (χ1v) is 11.3. The Balaban J connectivity index is 2.37. The number of amides is 2. The van der Waals surface area contributed by atoms with Crippen molar-refractivity contribution in [1.29, 1.82) is 0 Å². The van der Waals surface area contributed by atoms with Crippen molar-refractivity contribution >= 4 is 18.2 Å². The molecular weight excluding hydrogens is 519 g/mol. The lowest BCUT2D eigenvalue weighted by molar-refractivity contribution is -0.138. The topological polar surface area (TPSA) is 103 Å².